The minimum absolute atomic E-state index is 0.135. The Morgan fingerprint density at radius 3 is 1.92 bits per heavy atom. The molecular weight excluding hydrogens is 835 g/mol. The lowest BCUT2D eigenvalue weighted by Gasteiger charge is -2.11. The number of nitrogens with zero attached hydrogens (tertiary/aromatic N) is 6. The number of thiazole rings is 2. The van der Waals surface area contributed by atoms with Gasteiger partial charge in [-0.15, -0.1) is 22.7 Å². The third-order valence-corrected chi connectivity index (χ3v) is 11.7. The van der Waals surface area contributed by atoms with Gasteiger partial charge in [0.25, 0.3) is 11.8 Å². The second-order valence-corrected chi connectivity index (χ2v) is 16.3. The molecule has 0 spiro atoms. The number of aromatic nitrogens is 5. The molecule has 0 radical (unpaired) electrons. The molecule has 5 aromatic heterocycles. The van der Waals surface area contributed by atoms with Crippen molar-refractivity contribution in [3.05, 3.63) is 208 Å². The third-order valence-electron chi connectivity index (χ3n) is 10.1. The van der Waals surface area contributed by atoms with Gasteiger partial charge in [0.05, 0.1) is 28.0 Å². The van der Waals surface area contributed by atoms with E-state index < -0.39 is 0 Å². The molecule has 3 N–H and O–H groups in total. The van der Waals surface area contributed by atoms with E-state index in [1.165, 1.54) is 11.3 Å². The average molecular weight is 874 g/mol. The van der Waals surface area contributed by atoms with Gasteiger partial charge in [-0.2, -0.15) is 5.26 Å². The van der Waals surface area contributed by atoms with Gasteiger partial charge in [-0.1, -0.05) is 30.3 Å². The Balaban J connectivity index is 0.000000176. The molecule has 13 heteroatoms. The van der Waals surface area contributed by atoms with E-state index in [1.54, 1.807) is 66.6 Å². The minimum atomic E-state index is -0.269. The number of amides is 2. The molecule has 4 aromatic carbocycles. The van der Waals surface area contributed by atoms with Crippen molar-refractivity contribution in [3.8, 4) is 39.7 Å². The lowest BCUT2D eigenvalue weighted by atomic mass is 10.0. The highest BCUT2D eigenvalue weighted by atomic mass is 32.1. The van der Waals surface area contributed by atoms with E-state index in [4.69, 9.17) is 10.2 Å². The van der Waals surface area contributed by atoms with Crippen molar-refractivity contribution in [2.24, 2.45) is 0 Å². The quantitative estimate of drug-likeness (QED) is 0.115. The number of pyridine rings is 3. The van der Waals surface area contributed by atoms with Crippen LogP contribution in [0.4, 0.5) is 22.2 Å². The SMILES string of the molecule is Cc1ccc(NC(=O)c2ccc(-c3ccncc3)cc2)cc1Cc1nc(-c2cccnc2)cs1.Cc1ccc(NC(=O)c2cccc(C#N)c2)cc1Nc1nc(-c2cccnc2)cs1. The average Bonchev–Trinajstić information content (AvgIpc) is 4.02. The Morgan fingerprint density at radius 1 is 0.594 bits per heavy atom. The first-order valence-corrected chi connectivity index (χ1v) is 21.8. The molecule has 11 nitrogen and oxygen atoms in total. The zero-order valence-electron chi connectivity index (χ0n) is 34.7. The van der Waals surface area contributed by atoms with Crippen LogP contribution in [-0.4, -0.2) is 36.7 Å². The molecule has 0 aliphatic rings. The fraction of sp³-hybridized carbons (Fsp3) is 0.0588. The molecule has 0 saturated heterocycles. The van der Waals surface area contributed by atoms with Crippen LogP contribution in [0.15, 0.2) is 169 Å². The highest BCUT2D eigenvalue weighted by molar-refractivity contribution is 7.14. The van der Waals surface area contributed by atoms with Crippen LogP contribution in [-0.2, 0) is 6.42 Å². The van der Waals surface area contributed by atoms with Gasteiger partial charge >= 0.3 is 0 Å². The molecule has 9 rings (SSSR count). The maximum atomic E-state index is 12.8. The monoisotopic (exact) mass is 873 g/mol. The maximum Gasteiger partial charge on any atom is 0.255 e. The minimum Gasteiger partial charge on any atom is -0.331 e. The van der Waals surface area contributed by atoms with Crippen molar-refractivity contribution in [3.63, 3.8) is 0 Å². The lowest BCUT2D eigenvalue weighted by Crippen LogP contribution is -2.12. The molecule has 0 aliphatic heterocycles. The summed E-state index contributed by atoms with van der Waals surface area (Å²) in [5.74, 6) is -0.404. The van der Waals surface area contributed by atoms with Crippen molar-refractivity contribution in [1.29, 1.82) is 5.26 Å². The van der Waals surface area contributed by atoms with Crippen molar-refractivity contribution < 1.29 is 9.59 Å². The van der Waals surface area contributed by atoms with Gasteiger partial charge in [0.2, 0.25) is 0 Å². The summed E-state index contributed by atoms with van der Waals surface area (Å²) in [5.41, 5.74) is 13.0. The van der Waals surface area contributed by atoms with Gasteiger partial charge in [0.1, 0.15) is 0 Å². The van der Waals surface area contributed by atoms with E-state index in [9.17, 15) is 9.59 Å². The molecule has 64 heavy (non-hydrogen) atoms. The van der Waals surface area contributed by atoms with Crippen LogP contribution >= 0.6 is 22.7 Å². The van der Waals surface area contributed by atoms with Crippen LogP contribution in [0, 0.1) is 25.2 Å². The smallest absolute Gasteiger partial charge is 0.255 e. The normalized spacial score (nSPS) is 10.5. The van der Waals surface area contributed by atoms with Gasteiger partial charge in [-0.05, 0) is 133 Å². The van der Waals surface area contributed by atoms with Gasteiger partial charge < -0.3 is 16.0 Å². The van der Waals surface area contributed by atoms with Crippen LogP contribution in [0.3, 0.4) is 0 Å². The third kappa shape index (κ3) is 10.8. The highest BCUT2D eigenvalue weighted by Crippen LogP contribution is 2.30. The number of carbonyl (C=O) groups excluding carboxylic acids is 2. The van der Waals surface area contributed by atoms with Gasteiger partial charge in [-0.3, -0.25) is 24.5 Å². The second kappa shape index (κ2) is 20.1. The summed E-state index contributed by atoms with van der Waals surface area (Å²) >= 11 is 3.13. The Hall–Kier alpha value is -8.18. The zero-order valence-corrected chi connectivity index (χ0v) is 36.3. The number of nitrogens with one attached hydrogen (secondary N) is 3. The first-order valence-electron chi connectivity index (χ1n) is 20.1. The van der Waals surface area contributed by atoms with Crippen LogP contribution in [0.1, 0.15) is 48.0 Å². The molecule has 312 valence electrons. The zero-order chi connectivity index (χ0) is 44.3. The first-order chi connectivity index (χ1) is 31.3. The van der Waals surface area contributed by atoms with Crippen LogP contribution in [0.2, 0.25) is 0 Å². The molecule has 0 saturated carbocycles. The predicted molar refractivity (Wildman–Crippen MR) is 256 cm³/mol. The first kappa shape index (κ1) is 42.5. The molecule has 5 heterocycles. The predicted octanol–water partition coefficient (Wildman–Crippen LogP) is 11.8. The summed E-state index contributed by atoms with van der Waals surface area (Å²) in [6.07, 6.45) is 11.3. The summed E-state index contributed by atoms with van der Waals surface area (Å²) < 4.78 is 0. The van der Waals surface area contributed by atoms with E-state index >= 15 is 0 Å². The number of hydrogen-bond acceptors (Lipinski definition) is 11. The highest BCUT2D eigenvalue weighted by Gasteiger charge is 2.13. The van der Waals surface area contributed by atoms with E-state index in [2.05, 4.69) is 48.2 Å². The summed E-state index contributed by atoms with van der Waals surface area (Å²) in [6.45, 7) is 4.06. The number of nitriles is 1. The lowest BCUT2D eigenvalue weighted by molar-refractivity contribution is 0.101. The maximum absolute atomic E-state index is 12.8. The van der Waals surface area contributed by atoms with Gasteiger partial charge in [-0.25, -0.2) is 9.97 Å². The molecular formula is C51H39N9O2S2. The van der Waals surface area contributed by atoms with Crippen molar-refractivity contribution in [2.75, 3.05) is 16.0 Å². The van der Waals surface area contributed by atoms with E-state index in [0.717, 1.165) is 71.8 Å². The molecule has 9 aromatic rings. The number of rotatable bonds is 11. The fourth-order valence-corrected chi connectivity index (χ4v) is 8.12. The molecule has 0 aliphatic carbocycles. The number of carbonyl (C=O) groups is 2. The van der Waals surface area contributed by atoms with Crippen molar-refractivity contribution in [2.45, 2.75) is 20.3 Å². The van der Waals surface area contributed by atoms with Crippen molar-refractivity contribution >= 4 is 56.7 Å². The fourth-order valence-electron chi connectivity index (χ4n) is 6.56. The number of aryl methyl sites for hydroxylation is 2. The molecule has 0 unspecified atom stereocenters. The Bertz CT molecular complexity index is 3080. The van der Waals surface area contributed by atoms with Crippen LogP contribution < -0.4 is 16.0 Å². The number of hydrogen-bond donors (Lipinski definition) is 3. The molecule has 0 fully saturated rings. The van der Waals surface area contributed by atoms with Crippen LogP contribution in [0.25, 0.3) is 33.6 Å². The summed E-state index contributed by atoms with van der Waals surface area (Å²) in [5, 5.41) is 24.1. The second-order valence-electron chi connectivity index (χ2n) is 14.5. The van der Waals surface area contributed by atoms with E-state index in [-0.39, 0.29) is 11.8 Å². The summed E-state index contributed by atoms with van der Waals surface area (Å²) in [6, 6.07) is 39.5. The molecule has 0 atom stereocenters. The largest absolute Gasteiger partial charge is 0.331 e. The topological polar surface area (TPSA) is 158 Å². The number of anilines is 4. The number of benzene rings is 4. The van der Waals surface area contributed by atoms with Gasteiger partial charge in [0, 0.05) is 93.7 Å². The Labute approximate surface area is 378 Å². The van der Waals surface area contributed by atoms with E-state index in [0.29, 0.717) is 28.8 Å². The van der Waals surface area contributed by atoms with E-state index in [1.807, 2.05) is 122 Å². The van der Waals surface area contributed by atoms with Crippen molar-refractivity contribution in [1.82, 2.24) is 24.9 Å². The Kier molecular flexibility index (Phi) is 13.4. The summed E-state index contributed by atoms with van der Waals surface area (Å²) in [7, 11) is 0. The standard InChI is InChI=1S/C28H22N4OS.C23H17N5OS/c1-19-4-9-25(15-24(19)16-27-32-26(18-34-27)23-3-2-12-30-17-23)31-28(33)22-7-5-20(6-8-22)21-10-13-29-14-11-21;1-15-7-8-19(26-22(29)17-5-2-4-16(10-17)12-24)11-20(15)27-23-28-21(14-30-23)18-6-3-9-25-13-18/h2-15,17-18H,16H2,1H3,(H,31,33);2-11,13-14H,1H3,(H,26,29)(H,27,28). The summed E-state index contributed by atoms with van der Waals surface area (Å²) in [4.78, 5) is 47.1. The van der Waals surface area contributed by atoms with Crippen LogP contribution in [0.5, 0.6) is 0 Å². The van der Waals surface area contributed by atoms with Gasteiger partial charge in [0.15, 0.2) is 5.13 Å². The molecule has 2 amide bonds. The Morgan fingerprint density at radius 2 is 1.23 bits per heavy atom. The molecule has 0 bridgehead atoms.